The second-order valence-corrected chi connectivity index (χ2v) is 4.06. The molecule has 0 aliphatic heterocycles. The minimum Gasteiger partial charge on any atom is -0.335 e. The number of carbonyl (C=O) groups excluding carboxylic acids is 1. The van der Waals surface area contributed by atoms with Crippen LogP contribution in [0.25, 0.3) is 0 Å². The molecule has 2 atom stereocenters. The number of rotatable bonds is 2. The van der Waals surface area contributed by atoms with Gasteiger partial charge < -0.3 is 10.6 Å². The van der Waals surface area contributed by atoms with E-state index in [9.17, 15) is 18.0 Å². The van der Waals surface area contributed by atoms with E-state index >= 15 is 0 Å². The van der Waals surface area contributed by atoms with Gasteiger partial charge >= 0.3 is 12.2 Å². The minimum atomic E-state index is -4.35. The highest BCUT2D eigenvalue weighted by Gasteiger charge is 2.28. The fraction of sp³-hybridized carbons (Fsp3) is 0.889. The van der Waals surface area contributed by atoms with Crippen LogP contribution in [0, 0.1) is 5.92 Å². The van der Waals surface area contributed by atoms with E-state index in [1.165, 1.54) is 0 Å². The third-order valence-corrected chi connectivity index (χ3v) is 2.48. The highest BCUT2D eigenvalue weighted by Crippen LogP contribution is 2.24. The molecule has 2 N–H and O–H groups in total. The molecule has 0 spiro atoms. The number of urea groups is 1. The molecule has 1 rings (SSSR count). The quantitative estimate of drug-likeness (QED) is 0.740. The number of hydrogen-bond acceptors (Lipinski definition) is 1. The van der Waals surface area contributed by atoms with E-state index in [1.807, 2.05) is 0 Å². The lowest BCUT2D eigenvalue weighted by Gasteiger charge is -2.14. The van der Waals surface area contributed by atoms with Crippen LogP contribution >= 0.6 is 0 Å². The summed E-state index contributed by atoms with van der Waals surface area (Å²) in [5, 5.41) is 4.32. The number of alkyl halides is 3. The van der Waals surface area contributed by atoms with Crippen LogP contribution in [0.4, 0.5) is 18.0 Å². The third-order valence-electron chi connectivity index (χ3n) is 2.48. The van der Waals surface area contributed by atoms with Crippen LogP contribution in [0.1, 0.15) is 26.2 Å². The van der Waals surface area contributed by atoms with E-state index in [4.69, 9.17) is 0 Å². The van der Waals surface area contributed by atoms with Crippen LogP contribution in [0.5, 0.6) is 0 Å². The molecular weight excluding hydrogens is 209 g/mol. The van der Waals surface area contributed by atoms with E-state index < -0.39 is 18.8 Å². The fourth-order valence-corrected chi connectivity index (χ4v) is 1.76. The monoisotopic (exact) mass is 224 g/mol. The molecule has 2 unspecified atom stereocenters. The molecule has 3 nitrogen and oxygen atoms in total. The molecule has 0 saturated heterocycles. The highest BCUT2D eigenvalue weighted by molar-refractivity contribution is 5.74. The van der Waals surface area contributed by atoms with Crippen LogP contribution < -0.4 is 10.6 Å². The lowest BCUT2D eigenvalue weighted by atomic mass is 10.1. The van der Waals surface area contributed by atoms with Crippen molar-refractivity contribution < 1.29 is 18.0 Å². The number of nitrogens with one attached hydrogen (secondary N) is 2. The summed E-state index contributed by atoms with van der Waals surface area (Å²) in [4.78, 5) is 11.0. The predicted octanol–water partition coefficient (Wildman–Crippen LogP) is 2.04. The van der Waals surface area contributed by atoms with Crippen molar-refractivity contribution in [1.29, 1.82) is 0 Å². The molecule has 0 heterocycles. The van der Waals surface area contributed by atoms with Crippen LogP contribution in [0.3, 0.4) is 0 Å². The van der Waals surface area contributed by atoms with Crippen molar-refractivity contribution in [2.75, 3.05) is 6.54 Å². The molecule has 0 radical (unpaired) electrons. The summed E-state index contributed by atoms with van der Waals surface area (Å²) in [5.74, 6) is 0.540. The van der Waals surface area contributed by atoms with Crippen molar-refractivity contribution in [2.45, 2.75) is 38.4 Å². The van der Waals surface area contributed by atoms with Gasteiger partial charge in [-0.05, 0) is 25.2 Å². The minimum absolute atomic E-state index is 0.0215. The van der Waals surface area contributed by atoms with Crippen LogP contribution in [0.2, 0.25) is 0 Å². The zero-order valence-electron chi connectivity index (χ0n) is 8.53. The largest absolute Gasteiger partial charge is 0.405 e. The van der Waals surface area contributed by atoms with Crippen molar-refractivity contribution >= 4 is 6.03 Å². The maximum Gasteiger partial charge on any atom is 0.405 e. The maximum atomic E-state index is 11.7. The summed E-state index contributed by atoms with van der Waals surface area (Å²) < 4.78 is 35.2. The summed E-state index contributed by atoms with van der Waals surface area (Å²) in [7, 11) is 0. The van der Waals surface area contributed by atoms with Gasteiger partial charge in [0.25, 0.3) is 0 Å². The zero-order chi connectivity index (χ0) is 11.5. The van der Waals surface area contributed by atoms with E-state index in [0.29, 0.717) is 5.92 Å². The Morgan fingerprint density at radius 1 is 1.40 bits per heavy atom. The first-order valence-corrected chi connectivity index (χ1v) is 4.98. The summed E-state index contributed by atoms with van der Waals surface area (Å²) in [6.45, 7) is 0.788. The zero-order valence-corrected chi connectivity index (χ0v) is 8.53. The maximum absolute atomic E-state index is 11.7. The Labute approximate surface area is 86.4 Å². The van der Waals surface area contributed by atoms with Gasteiger partial charge in [0.05, 0.1) is 0 Å². The number of hydrogen-bond donors (Lipinski definition) is 2. The van der Waals surface area contributed by atoms with Crippen LogP contribution in [0.15, 0.2) is 0 Å². The standard InChI is InChI=1S/C9H15F3N2O/c1-6-2-3-7(4-6)14-8(15)13-5-9(10,11)12/h6-7H,2-5H2,1H3,(H2,13,14,15). The van der Waals surface area contributed by atoms with Crippen molar-refractivity contribution in [3.8, 4) is 0 Å². The topological polar surface area (TPSA) is 41.1 Å². The van der Waals surface area contributed by atoms with Crippen molar-refractivity contribution in [2.24, 2.45) is 5.92 Å². The summed E-state index contributed by atoms with van der Waals surface area (Å²) in [6.07, 6.45) is -1.63. The second kappa shape index (κ2) is 4.72. The van der Waals surface area contributed by atoms with E-state index in [0.717, 1.165) is 19.3 Å². The summed E-state index contributed by atoms with van der Waals surface area (Å²) in [5.41, 5.74) is 0. The Morgan fingerprint density at radius 2 is 2.07 bits per heavy atom. The average molecular weight is 224 g/mol. The number of carbonyl (C=O) groups is 1. The smallest absolute Gasteiger partial charge is 0.335 e. The normalized spacial score (nSPS) is 26.4. The lowest BCUT2D eigenvalue weighted by Crippen LogP contribution is -2.44. The average Bonchev–Trinajstić information content (AvgIpc) is 2.47. The van der Waals surface area contributed by atoms with E-state index in [2.05, 4.69) is 12.2 Å². The SMILES string of the molecule is CC1CCC(NC(=O)NCC(F)(F)F)C1. The molecule has 1 fully saturated rings. The molecule has 0 aromatic heterocycles. The number of amides is 2. The van der Waals surface area contributed by atoms with Crippen molar-refractivity contribution in [3.05, 3.63) is 0 Å². The van der Waals surface area contributed by atoms with E-state index in [1.54, 1.807) is 5.32 Å². The molecule has 1 aliphatic rings. The van der Waals surface area contributed by atoms with Gasteiger partial charge in [-0.2, -0.15) is 13.2 Å². The molecule has 1 aliphatic carbocycles. The molecule has 2 amide bonds. The summed E-state index contributed by atoms with van der Waals surface area (Å²) in [6, 6.07) is -0.709. The van der Waals surface area contributed by atoms with Crippen molar-refractivity contribution in [3.63, 3.8) is 0 Å². The van der Waals surface area contributed by atoms with Gasteiger partial charge in [0, 0.05) is 6.04 Å². The molecule has 15 heavy (non-hydrogen) atoms. The Hall–Kier alpha value is -0.940. The molecule has 0 aromatic rings. The van der Waals surface area contributed by atoms with Crippen LogP contribution in [-0.2, 0) is 0 Å². The molecule has 88 valence electrons. The molecule has 1 saturated carbocycles. The first kappa shape index (κ1) is 12.1. The third kappa shape index (κ3) is 4.90. The second-order valence-electron chi connectivity index (χ2n) is 4.06. The van der Waals surface area contributed by atoms with Gasteiger partial charge in [-0.25, -0.2) is 4.79 Å². The van der Waals surface area contributed by atoms with Gasteiger partial charge in [-0.3, -0.25) is 0 Å². The van der Waals surface area contributed by atoms with Gasteiger partial charge in [-0.1, -0.05) is 6.92 Å². The lowest BCUT2D eigenvalue weighted by molar-refractivity contribution is -0.122. The summed E-state index contributed by atoms with van der Waals surface area (Å²) >= 11 is 0. The van der Waals surface area contributed by atoms with Gasteiger partial charge in [-0.15, -0.1) is 0 Å². The number of halogens is 3. The van der Waals surface area contributed by atoms with Gasteiger partial charge in [0.15, 0.2) is 0 Å². The Bertz CT molecular complexity index is 230. The molecule has 0 bridgehead atoms. The van der Waals surface area contributed by atoms with Gasteiger partial charge in [0.2, 0.25) is 0 Å². The Morgan fingerprint density at radius 3 is 2.53 bits per heavy atom. The highest BCUT2D eigenvalue weighted by atomic mass is 19.4. The Balaban J connectivity index is 2.19. The van der Waals surface area contributed by atoms with Crippen LogP contribution in [-0.4, -0.2) is 24.8 Å². The van der Waals surface area contributed by atoms with E-state index in [-0.39, 0.29) is 6.04 Å². The first-order chi connectivity index (χ1) is 6.87. The molecular formula is C9H15F3N2O. The molecule has 6 heteroatoms. The van der Waals surface area contributed by atoms with Crippen molar-refractivity contribution in [1.82, 2.24) is 10.6 Å². The van der Waals surface area contributed by atoms with Gasteiger partial charge in [0.1, 0.15) is 6.54 Å². The fourth-order valence-electron chi connectivity index (χ4n) is 1.76. The first-order valence-electron chi connectivity index (χ1n) is 4.98. The molecule has 0 aromatic carbocycles. The predicted molar refractivity (Wildman–Crippen MR) is 49.4 cm³/mol. The Kier molecular flexibility index (Phi) is 3.82.